The normalized spacial score (nSPS) is 18.3. The number of hydrogen-bond acceptors (Lipinski definition) is 2. The topological polar surface area (TPSA) is 21.3 Å². The lowest BCUT2D eigenvalue weighted by molar-refractivity contribution is 0.0391. The molecule has 0 atom stereocenters. The van der Waals surface area contributed by atoms with Crippen LogP contribution < -0.4 is 5.48 Å². The molecule has 0 amide bonds. The van der Waals surface area contributed by atoms with E-state index in [4.69, 9.17) is 4.84 Å². The Kier molecular flexibility index (Phi) is 3.01. The molecule has 2 nitrogen and oxygen atoms in total. The maximum Gasteiger partial charge on any atom is 0.0679 e. The van der Waals surface area contributed by atoms with E-state index in [1.165, 1.54) is 12.8 Å². The van der Waals surface area contributed by atoms with E-state index in [1.54, 1.807) is 0 Å². The Labute approximate surface area is 56.5 Å². The van der Waals surface area contributed by atoms with Crippen molar-refractivity contribution in [1.82, 2.24) is 5.48 Å². The first kappa shape index (κ1) is 7.03. The molecule has 1 aliphatic rings. The molecule has 0 saturated heterocycles. The summed E-state index contributed by atoms with van der Waals surface area (Å²) in [6.07, 6.45) is 3.88. The number of rotatable bonds is 5. The van der Waals surface area contributed by atoms with Crippen LogP contribution in [0.15, 0.2) is 0 Å². The Morgan fingerprint density at radius 1 is 1.56 bits per heavy atom. The van der Waals surface area contributed by atoms with Gasteiger partial charge in [0.15, 0.2) is 0 Å². The van der Waals surface area contributed by atoms with Crippen molar-refractivity contribution in [3.63, 3.8) is 0 Å². The highest BCUT2D eigenvalue weighted by atomic mass is 16.6. The van der Waals surface area contributed by atoms with Gasteiger partial charge in [-0.3, -0.25) is 0 Å². The minimum Gasteiger partial charge on any atom is -0.302 e. The van der Waals surface area contributed by atoms with Gasteiger partial charge in [0.1, 0.15) is 0 Å². The van der Waals surface area contributed by atoms with Crippen molar-refractivity contribution in [2.75, 3.05) is 13.2 Å². The van der Waals surface area contributed by atoms with Crippen LogP contribution in [0.25, 0.3) is 0 Å². The highest BCUT2D eigenvalue weighted by molar-refractivity contribution is 4.73. The summed E-state index contributed by atoms with van der Waals surface area (Å²) in [5, 5.41) is 0. The van der Waals surface area contributed by atoms with E-state index in [1.807, 2.05) is 0 Å². The smallest absolute Gasteiger partial charge is 0.0679 e. The van der Waals surface area contributed by atoms with Gasteiger partial charge in [-0.25, -0.2) is 5.48 Å². The zero-order chi connectivity index (χ0) is 6.53. The third-order valence-corrected chi connectivity index (χ3v) is 1.48. The fourth-order valence-corrected chi connectivity index (χ4v) is 0.673. The molecule has 0 bridgehead atoms. The molecule has 54 valence electrons. The summed E-state index contributed by atoms with van der Waals surface area (Å²) >= 11 is 0. The predicted molar refractivity (Wildman–Crippen MR) is 37.0 cm³/mol. The minimum atomic E-state index is 0.840. The molecule has 0 unspecified atom stereocenters. The van der Waals surface area contributed by atoms with Crippen molar-refractivity contribution >= 4 is 0 Å². The van der Waals surface area contributed by atoms with Crippen LogP contribution in [0.3, 0.4) is 0 Å². The zero-order valence-electron chi connectivity index (χ0n) is 6.02. The van der Waals surface area contributed by atoms with Crippen molar-refractivity contribution in [2.45, 2.75) is 26.2 Å². The highest BCUT2D eigenvalue weighted by Crippen LogP contribution is 2.27. The van der Waals surface area contributed by atoms with Gasteiger partial charge in [-0.2, -0.15) is 0 Å². The molecule has 9 heavy (non-hydrogen) atoms. The average molecular weight is 129 g/mol. The number of hydrogen-bond donors (Lipinski definition) is 1. The zero-order valence-corrected chi connectivity index (χ0v) is 6.02. The summed E-state index contributed by atoms with van der Waals surface area (Å²) in [6, 6.07) is 0. The van der Waals surface area contributed by atoms with Crippen molar-refractivity contribution in [1.29, 1.82) is 0 Å². The van der Waals surface area contributed by atoms with Gasteiger partial charge in [0.25, 0.3) is 0 Å². The first-order valence-corrected chi connectivity index (χ1v) is 3.78. The fraction of sp³-hybridized carbons (Fsp3) is 1.00. The first-order valence-electron chi connectivity index (χ1n) is 3.78. The van der Waals surface area contributed by atoms with Gasteiger partial charge in [0.05, 0.1) is 6.61 Å². The Bertz CT molecular complexity index is 71.3. The fourth-order valence-electron chi connectivity index (χ4n) is 0.673. The first-order chi connectivity index (χ1) is 4.43. The maximum absolute atomic E-state index is 5.08. The van der Waals surface area contributed by atoms with Crippen molar-refractivity contribution in [3.05, 3.63) is 0 Å². The third kappa shape index (κ3) is 3.49. The van der Waals surface area contributed by atoms with Gasteiger partial charge < -0.3 is 4.84 Å². The lowest BCUT2D eigenvalue weighted by Crippen LogP contribution is -2.17. The van der Waals surface area contributed by atoms with Gasteiger partial charge in [0, 0.05) is 6.54 Å². The summed E-state index contributed by atoms with van der Waals surface area (Å²) in [4.78, 5) is 5.08. The van der Waals surface area contributed by atoms with E-state index in [0.717, 1.165) is 25.5 Å². The third-order valence-electron chi connectivity index (χ3n) is 1.48. The quantitative estimate of drug-likeness (QED) is 0.446. The largest absolute Gasteiger partial charge is 0.302 e. The number of hydroxylamine groups is 1. The summed E-state index contributed by atoms with van der Waals surface area (Å²) in [7, 11) is 0. The standard InChI is InChI=1S/C7H15NO/c1-2-5-9-8-6-7-3-4-7/h7-8H,2-6H2,1H3. The second-order valence-electron chi connectivity index (χ2n) is 2.64. The van der Waals surface area contributed by atoms with Crippen LogP contribution >= 0.6 is 0 Å². The van der Waals surface area contributed by atoms with Crippen LogP contribution in [0.2, 0.25) is 0 Å². The molecule has 1 N–H and O–H groups in total. The SMILES string of the molecule is CCCONCC1CC1. The van der Waals surface area contributed by atoms with E-state index >= 15 is 0 Å². The highest BCUT2D eigenvalue weighted by Gasteiger charge is 2.20. The molecule has 1 aliphatic carbocycles. The van der Waals surface area contributed by atoms with E-state index in [9.17, 15) is 0 Å². The molecule has 0 heterocycles. The molecular weight excluding hydrogens is 114 g/mol. The molecule has 0 spiro atoms. The Morgan fingerprint density at radius 3 is 2.89 bits per heavy atom. The molecule has 1 fully saturated rings. The molecule has 2 heteroatoms. The van der Waals surface area contributed by atoms with Gasteiger partial charge in [0.2, 0.25) is 0 Å². The van der Waals surface area contributed by atoms with E-state index in [-0.39, 0.29) is 0 Å². The molecule has 1 rings (SSSR count). The molecular formula is C7H15NO. The van der Waals surface area contributed by atoms with Crippen LogP contribution in [0.5, 0.6) is 0 Å². The van der Waals surface area contributed by atoms with Gasteiger partial charge in [-0.05, 0) is 25.2 Å². The minimum absolute atomic E-state index is 0.840. The summed E-state index contributed by atoms with van der Waals surface area (Å²) in [5.41, 5.74) is 2.95. The summed E-state index contributed by atoms with van der Waals surface area (Å²) in [6.45, 7) is 4.01. The van der Waals surface area contributed by atoms with Crippen LogP contribution in [0.4, 0.5) is 0 Å². The van der Waals surface area contributed by atoms with Crippen LogP contribution in [0.1, 0.15) is 26.2 Å². The molecule has 0 aromatic carbocycles. The molecule has 0 aromatic rings. The Morgan fingerprint density at radius 2 is 2.33 bits per heavy atom. The second-order valence-corrected chi connectivity index (χ2v) is 2.64. The van der Waals surface area contributed by atoms with Gasteiger partial charge in [-0.15, -0.1) is 0 Å². The van der Waals surface area contributed by atoms with Crippen LogP contribution in [0, 0.1) is 5.92 Å². The van der Waals surface area contributed by atoms with Crippen LogP contribution in [-0.2, 0) is 4.84 Å². The number of nitrogens with one attached hydrogen (secondary N) is 1. The Hall–Kier alpha value is -0.0800. The predicted octanol–water partition coefficient (Wildman–Crippen LogP) is 1.33. The molecule has 0 radical (unpaired) electrons. The monoisotopic (exact) mass is 129 g/mol. The summed E-state index contributed by atoms with van der Waals surface area (Å²) in [5.74, 6) is 0.918. The molecule has 0 aliphatic heterocycles. The van der Waals surface area contributed by atoms with Gasteiger partial charge >= 0.3 is 0 Å². The second kappa shape index (κ2) is 3.85. The maximum atomic E-state index is 5.08. The molecule has 1 saturated carbocycles. The van der Waals surface area contributed by atoms with E-state index < -0.39 is 0 Å². The Balaban J connectivity index is 1.71. The van der Waals surface area contributed by atoms with E-state index in [0.29, 0.717) is 0 Å². The van der Waals surface area contributed by atoms with Crippen molar-refractivity contribution < 1.29 is 4.84 Å². The molecule has 0 aromatic heterocycles. The van der Waals surface area contributed by atoms with Crippen molar-refractivity contribution in [2.24, 2.45) is 5.92 Å². The lowest BCUT2D eigenvalue weighted by atomic mass is 10.4. The average Bonchev–Trinajstić information content (AvgIpc) is 2.63. The summed E-state index contributed by atoms with van der Waals surface area (Å²) < 4.78 is 0. The van der Waals surface area contributed by atoms with Crippen molar-refractivity contribution in [3.8, 4) is 0 Å². The lowest BCUT2D eigenvalue weighted by Gasteiger charge is -2.01. The van der Waals surface area contributed by atoms with Crippen LogP contribution in [-0.4, -0.2) is 13.2 Å². The van der Waals surface area contributed by atoms with Gasteiger partial charge in [-0.1, -0.05) is 6.92 Å². The van der Waals surface area contributed by atoms with E-state index in [2.05, 4.69) is 12.4 Å².